The van der Waals surface area contributed by atoms with Gasteiger partial charge >= 0.3 is 0 Å². The second-order valence-corrected chi connectivity index (χ2v) is 3.94. The molecular weight excluding hydrogens is 226 g/mol. The van der Waals surface area contributed by atoms with Crippen LogP contribution in [-0.4, -0.2) is 14.5 Å². The first-order chi connectivity index (χ1) is 7.65. The number of halogens is 1. The summed E-state index contributed by atoms with van der Waals surface area (Å²) in [6, 6.07) is 3.28. The number of pyridine rings is 1. The van der Waals surface area contributed by atoms with Crippen molar-refractivity contribution in [3.8, 4) is 0 Å². The lowest BCUT2D eigenvalue weighted by Gasteiger charge is -2.05. The normalized spacial score (nSPS) is 10.4. The first-order valence-corrected chi connectivity index (χ1v) is 5.15. The number of hydrogen-bond donors (Lipinski definition) is 0. The topological polar surface area (TPSA) is 47.8 Å². The summed E-state index contributed by atoms with van der Waals surface area (Å²) in [6.45, 7) is 2.41. The van der Waals surface area contributed by atoms with Crippen LogP contribution in [0.5, 0.6) is 0 Å². The average Bonchev–Trinajstić information content (AvgIpc) is 2.22. The average molecular weight is 236 g/mol. The molecule has 2 aromatic rings. The third kappa shape index (κ3) is 2.46. The summed E-state index contributed by atoms with van der Waals surface area (Å²) in [4.78, 5) is 19.5. The van der Waals surface area contributed by atoms with E-state index in [9.17, 15) is 4.79 Å². The third-order valence-corrected chi connectivity index (χ3v) is 2.34. The minimum Gasteiger partial charge on any atom is -0.295 e. The van der Waals surface area contributed by atoms with Crippen molar-refractivity contribution in [3.63, 3.8) is 0 Å². The zero-order valence-electron chi connectivity index (χ0n) is 8.72. The predicted octanol–water partition coefficient (Wildman–Crippen LogP) is 1.65. The standard InChI is InChI=1S/C11H10ClN3O/c1-8-2-9(5-13-4-8)6-15-7-14-10(12)3-11(15)16/h2-5,7H,6H2,1H3. The largest absolute Gasteiger partial charge is 0.295 e. The molecule has 2 aromatic heterocycles. The van der Waals surface area contributed by atoms with Crippen LogP contribution in [0.25, 0.3) is 0 Å². The molecule has 4 nitrogen and oxygen atoms in total. The van der Waals surface area contributed by atoms with Crippen molar-refractivity contribution in [1.82, 2.24) is 14.5 Å². The second kappa shape index (κ2) is 4.45. The Morgan fingerprint density at radius 1 is 1.38 bits per heavy atom. The fourth-order valence-corrected chi connectivity index (χ4v) is 1.56. The highest BCUT2D eigenvalue weighted by Crippen LogP contribution is 2.03. The van der Waals surface area contributed by atoms with Gasteiger partial charge < -0.3 is 0 Å². The lowest BCUT2D eigenvalue weighted by atomic mass is 10.2. The molecule has 0 aromatic carbocycles. The molecule has 0 fully saturated rings. The summed E-state index contributed by atoms with van der Waals surface area (Å²) in [7, 11) is 0. The minimum atomic E-state index is -0.165. The first kappa shape index (κ1) is 10.8. The van der Waals surface area contributed by atoms with Crippen molar-refractivity contribution in [1.29, 1.82) is 0 Å². The van der Waals surface area contributed by atoms with Crippen molar-refractivity contribution in [2.24, 2.45) is 0 Å². The summed E-state index contributed by atoms with van der Waals surface area (Å²) in [5, 5.41) is 0.212. The molecule has 0 bridgehead atoms. The van der Waals surface area contributed by atoms with E-state index in [4.69, 9.17) is 11.6 Å². The maximum Gasteiger partial charge on any atom is 0.255 e. The Morgan fingerprint density at radius 2 is 2.19 bits per heavy atom. The first-order valence-electron chi connectivity index (χ1n) is 4.77. The van der Waals surface area contributed by atoms with Crippen molar-refractivity contribution in [3.05, 3.63) is 57.5 Å². The van der Waals surface area contributed by atoms with Crippen molar-refractivity contribution >= 4 is 11.6 Å². The Balaban J connectivity index is 2.31. The third-order valence-electron chi connectivity index (χ3n) is 2.13. The Kier molecular flexibility index (Phi) is 3.01. The van der Waals surface area contributed by atoms with Gasteiger partial charge in [0.25, 0.3) is 5.56 Å². The van der Waals surface area contributed by atoms with E-state index < -0.39 is 0 Å². The van der Waals surface area contributed by atoms with Gasteiger partial charge in [-0.3, -0.25) is 14.3 Å². The molecule has 0 atom stereocenters. The fourth-order valence-electron chi connectivity index (χ4n) is 1.42. The maximum atomic E-state index is 11.5. The van der Waals surface area contributed by atoms with Crippen molar-refractivity contribution < 1.29 is 0 Å². The molecule has 0 aliphatic rings. The van der Waals surface area contributed by atoms with Gasteiger partial charge in [0.05, 0.1) is 12.9 Å². The van der Waals surface area contributed by atoms with E-state index in [1.54, 1.807) is 12.4 Å². The monoisotopic (exact) mass is 235 g/mol. The molecule has 0 amide bonds. The summed E-state index contributed by atoms with van der Waals surface area (Å²) in [6.07, 6.45) is 4.94. The molecule has 0 spiro atoms. The predicted molar refractivity (Wildman–Crippen MR) is 61.6 cm³/mol. The fraction of sp³-hybridized carbons (Fsp3) is 0.182. The second-order valence-electron chi connectivity index (χ2n) is 3.55. The van der Waals surface area contributed by atoms with E-state index >= 15 is 0 Å². The van der Waals surface area contributed by atoms with Gasteiger partial charge in [-0.25, -0.2) is 4.98 Å². The number of aromatic nitrogens is 3. The van der Waals surface area contributed by atoms with Gasteiger partial charge in [-0.2, -0.15) is 0 Å². The highest BCUT2D eigenvalue weighted by Gasteiger charge is 2.00. The van der Waals surface area contributed by atoms with E-state index in [-0.39, 0.29) is 10.7 Å². The van der Waals surface area contributed by atoms with Crippen LogP contribution in [0.1, 0.15) is 11.1 Å². The number of rotatable bonds is 2. The molecule has 0 unspecified atom stereocenters. The summed E-state index contributed by atoms with van der Waals surface area (Å²) < 4.78 is 1.49. The molecule has 2 heterocycles. The van der Waals surface area contributed by atoms with Gasteiger partial charge in [0.15, 0.2) is 0 Å². The molecule has 0 saturated carbocycles. The van der Waals surface area contributed by atoms with Gasteiger partial charge in [-0.1, -0.05) is 17.7 Å². The molecule has 2 rings (SSSR count). The maximum absolute atomic E-state index is 11.5. The van der Waals surface area contributed by atoms with Crippen LogP contribution < -0.4 is 5.56 Å². The minimum absolute atomic E-state index is 0.165. The van der Waals surface area contributed by atoms with Crippen LogP contribution in [0, 0.1) is 6.92 Å². The Labute approximate surface area is 97.6 Å². The zero-order chi connectivity index (χ0) is 11.5. The van der Waals surface area contributed by atoms with E-state index in [2.05, 4.69) is 9.97 Å². The lowest BCUT2D eigenvalue weighted by molar-refractivity contribution is 0.733. The van der Waals surface area contributed by atoms with Gasteiger partial charge in [0.2, 0.25) is 0 Å². The Hall–Kier alpha value is -1.68. The molecule has 82 valence electrons. The molecular formula is C11H10ClN3O. The molecule has 0 N–H and O–H groups in total. The summed E-state index contributed by atoms with van der Waals surface area (Å²) in [5.74, 6) is 0. The van der Waals surface area contributed by atoms with E-state index in [1.807, 2.05) is 13.0 Å². The molecule has 16 heavy (non-hydrogen) atoms. The lowest BCUT2D eigenvalue weighted by Crippen LogP contribution is -2.19. The van der Waals surface area contributed by atoms with Crippen LogP contribution in [-0.2, 0) is 6.54 Å². The van der Waals surface area contributed by atoms with Crippen LogP contribution in [0.2, 0.25) is 5.15 Å². The van der Waals surface area contributed by atoms with Crippen molar-refractivity contribution in [2.75, 3.05) is 0 Å². The van der Waals surface area contributed by atoms with Crippen LogP contribution in [0.4, 0.5) is 0 Å². The Morgan fingerprint density at radius 3 is 2.88 bits per heavy atom. The molecule has 0 radical (unpaired) electrons. The molecule has 0 aliphatic carbocycles. The summed E-state index contributed by atoms with van der Waals surface area (Å²) >= 11 is 5.61. The van der Waals surface area contributed by atoms with E-state index in [1.165, 1.54) is 17.0 Å². The van der Waals surface area contributed by atoms with Crippen LogP contribution in [0.15, 0.2) is 35.6 Å². The van der Waals surface area contributed by atoms with Crippen molar-refractivity contribution in [2.45, 2.75) is 13.5 Å². The number of hydrogen-bond acceptors (Lipinski definition) is 3. The van der Waals surface area contributed by atoms with Gasteiger partial charge in [0.1, 0.15) is 5.15 Å². The highest BCUT2D eigenvalue weighted by molar-refractivity contribution is 6.29. The number of aryl methyl sites for hydroxylation is 1. The van der Waals surface area contributed by atoms with Crippen LogP contribution >= 0.6 is 11.6 Å². The Bertz CT molecular complexity index is 565. The van der Waals surface area contributed by atoms with E-state index in [0.717, 1.165) is 11.1 Å². The molecule has 0 saturated heterocycles. The SMILES string of the molecule is Cc1cncc(Cn2cnc(Cl)cc2=O)c1. The zero-order valence-corrected chi connectivity index (χ0v) is 9.48. The van der Waals surface area contributed by atoms with E-state index in [0.29, 0.717) is 6.54 Å². The molecule has 5 heteroatoms. The van der Waals surface area contributed by atoms with Gasteiger partial charge in [-0.05, 0) is 18.1 Å². The van der Waals surface area contributed by atoms with Crippen LogP contribution in [0.3, 0.4) is 0 Å². The summed E-state index contributed by atoms with van der Waals surface area (Å²) in [5.41, 5.74) is 1.86. The quantitative estimate of drug-likeness (QED) is 0.744. The smallest absolute Gasteiger partial charge is 0.255 e. The molecule has 0 aliphatic heterocycles. The number of nitrogens with zero attached hydrogens (tertiary/aromatic N) is 3. The van der Waals surface area contributed by atoms with Gasteiger partial charge in [-0.15, -0.1) is 0 Å². The van der Waals surface area contributed by atoms with Gasteiger partial charge in [0, 0.05) is 18.5 Å². The highest BCUT2D eigenvalue weighted by atomic mass is 35.5.